The van der Waals surface area contributed by atoms with Crippen LogP contribution in [-0.2, 0) is 0 Å². The number of hydrogen-bond donors (Lipinski definition) is 2. The van der Waals surface area contributed by atoms with E-state index >= 15 is 0 Å². The van der Waals surface area contributed by atoms with Crippen molar-refractivity contribution in [2.45, 2.75) is 12.5 Å². The number of aliphatic hydroxyl groups is 1. The normalized spacial score (nSPS) is 17.9. The number of nitro groups is 1. The summed E-state index contributed by atoms with van der Waals surface area (Å²) in [5.74, 6) is -0.622. The minimum absolute atomic E-state index is 0.0663. The standard InChI is InChI=1S/C13H18FN3O3/c14-10-1-2-11(13(9-10)17(19)20)12(3-8-18)16-6-4-15-5-7-16/h1-2,9,12,15,18H,3-8H2/t12-/m0/s1. The molecule has 1 aliphatic rings. The van der Waals surface area contributed by atoms with Crippen molar-refractivity contribution in [1.29, 1.82) is 0 Å². The number of nitrogens with one attached hydrogen (secondary N) is 1. The van der Waals surface area contributed by atoms with Gasteiger partial charge in [0, 0.05) is 44.4 Å². The molecule has 20 heavy (non-hydrogen) atoms. The van der Waals surface area contributed by atoms with Gasteiger partial charge in [0.15, 0.2) is 0 Å². The molecular formula is C13H18FN3O3. The van der Waals surface area contributed by atoms with E-state index in [2.05, 4.69) is 10.2 Å². The van der Waals surface area contributed by atoms with E-state index < -0.39 is 10.7 Å². The Morgan fingerprint density at radius 1 is 1.45 bits per heavy atom. The predicted octanol–water partition coefficient (Wildman–Crippen LogP) is 1.06. The molecule has 1 aromatic rings. The van der Waals surface area contributed by atoms with Crippen LogP contribution in [-0.4, -0.2) is 47.7 Å². The van der Waals surface area contributed by atoms with Gasteiger partial charge in [0.2, 0.25) is 0 Å². The molecule has 0 aromatic heterocycles. The summed E-state index contributed by atoms with van der Waals surface area (Å²) in [4.78, 5) is 12.6. The first-order valence-corrected chi connectivity index (χ1v) is 6.63. The van der Waals surface area contributed by atoms with E-state index in [4.69, 9.17) is 0 Å². The molecule has 0 saturated carbocycles. The van der Waals surface area contributed by atoms with E-state index in [0.717, 1.165) is 32.2 Å². The topological polar surface area (TPSA) is 78.6 Å². The first-order valence-electron chi connectivity index (χ1n) is 6.63. The lowest BCUT2D eigenvalue weighted by molar-refractivity contribution is -0.386. The Hall–Kier alpha value is -1.57. The summed E-state index contributed by atoms with van der Waals surface area (Å²) in [6.45, 7) is 3.04. The molecule has 1 aromatic carbocycles. The van der Waals surface area contributed by atoms with E-state index in [-0.39, 0.29) is 18.3 Å². The lowest BCUT2D eigenvalue weighted by Gasteiger charge is -2.34. The van der Waals surface area contributed by atoms with Crippen LogP contribution in [0.15, 0.2) is 18.2 Å². The molecule has 7 heteroatoms. The van der Waals surface area contributed by atoms with E-state index in [9.17, 15) is 19.6 Å². The predicted molar refractivity (Wildman–Crippen MR) is 71.9 cm³/mol. The molecule has 2 rings (SSSR count). The van der Waals surface area contributed by atoms with Gasteiger partial charge in [-0.05, 0) is 18.6 Å². The number of piperazine rings is 1. The van der Waals surface area contributed by atoms with Crippen molar-refractivity contribution in [3.63, 3.8) is 0 Å². The van der Waals surface area contributed by atoms with Gasteiger partial charge in [-0.2, -0.15) is 0 Å². The molecule has 1 fully saturated rings. The highest BCUT2D eigenvalue weighted by molar-refractivity contribution is 5.42. The molecule has 0 amide bonds. The Balaban J connectivity index is 2.35. The molecule has 0 bridgehead atoms. The summed E-state index contributed by atoms with van der Waals surface area (Å²) in [6.07, 6.45) is 0.395. The number of hydrogen-bond acceptors (Lipinski definition) is 5. The second-order valence-corrected chi connectivity index (χ2v) is 4.77. The quantitative estimate of drug-likeness (QED) is 0.624. The molecule has 1 aliphatic heterocycles. The van der Waals surface area contributed by atoms with E-state index in [1.807, 2.05) is 0 Å². The van der Waals surface area contributed by atoms with Gasteiger partial charge in [0.05, 0.1) is 11.0 Å². The fourth-order valence-electron chi connectivity index (χ4n) is 2.61. The minimum atomic E-state index is -0.622. The zero-order valence-electron chi connectivity index (χ0n) is 11.1. The Morgan fingerprint density at radius 2 is 2.15 bits per heavy atom. The zero-order chi connectivity index (χ0) is 14.5. The molecule has 0 aliphatic carbocycles. The van der Waals surface area contributed by atoms with Crippen LogP contribution < -0.4 is 5.32 Å². The highest BCUT2D eigenvalue weighted by Crippen LogP contribution is 2.32. The van der Waals surface area contributed by atoms with Gasteiger partial charge in [-0.3, -0.25) is 15.0 Å². The summed E-state index contributed by atoms with van der Waals surface area (Å²) < 4.78 is 13.2. The van der Waals surface area contributed by atoms with Crippen LogP contribution in [0.2, 0.25) is 0 Å². The first kappa shape index (κ1) is 14.8. The number of benzene rings is 1. The highest BCUT2D eigenvalue weighted by Gasteiger charge is 2.28. The van der Waals surface area contributed by atoms with Gasteiger partial charge in [0.1, 0.15) is 5.82 Å². The third-order valence-electron chi connectivity index (χ3n) is 3.54. The van der Waals surface area contributed by atoms with Crippen molar-refractivity contribution in [2.75, 3.05) is 32.8 Å². The molecular weight excluding hydrogens is 265 g/mol. The Bertz CT molecular complexity index is 478. The summed E-state index contributed by atoms with van der Waals surface area (Å²) in [5.41, 5.74) is 0.245. The van der Waals surface area contributed by atoms with E-state index in [1.54, 1.807) is 0 Å². The maximum Gasteiger partial charge on any atom is 0.277 e. The highest BCUT2D eigenvalue weighted by atomic mass is 19.1. The number of halogens is 1. The Morgan fingerprint density at radius 3 is 2.75 bits per heavy atom. The fraction of sp³-hybridized carbons (Fsp3) is 0.538. The van der Waals surface area contributed by atoms with Crippen molar-refractivity contribution < 1.29 is 14.4 Å². The Kier molecular flexibility index (Phi) is 4.99. The molecule has 1 saturated heterocycles. The SMILES string of the molecule is O=[N+]([O-])c1cc(F)ccc1[C@H](CCO)N1CCNCC1. The van der Waals surface area contributed by atoms with Gasteiger partial charge in [-0.1, -0.05) is 0 Å². The fourth-order valence-corrected chi connectivity index (χ4v) is 2.61. The second kappa shape index (κ2) is 6.74. The average molecular weight is 283 g/mol. The van der Waals surface area contributed by atoms with Gasteiger partial charge in [-0.25, -0.2) is 4.39 Å². The number of aliphatic hydroxyl groups excluding tert-OH is 1. The average Bonchev–Trinajstić information content (AvgIpc) is 2.46. The maximum atomic E-state index is 13.2. The van der Waals surface area contributed by atoms with Gasteiger partial charge in [0.25, 0.3) is 5.69 Å². The molecule has 1 atom stereocenters. The van der Waals surface area contributed by atoms with Crippen molar-refractivity contribution >= 4 is 5.69 Å². The molecule has 0 spiro atoms. The van der Waals surface area contributed by atoms with Crippen molar-refractivity contribution in [3.8, 4) is 0 Å². The Labute approximate surface area is 116 Å². The third kappa shape index (κ3) is 3.30. The smallest absolute Gasteiger partial charge is 0.277 e. The largest absolute Gasteiger partial charge is 0.396 e. The minimum Gasteiger partial charge on any atom is -0.396 e. The van der Waals surface area contributed by atoms with Crippen LogP contribution in [0.3, 0.4) is 0 Å². The van der Waals surface area contributed by atoms with Crippen LogP contribution in [0.1, 0.15) is 18.0 Å². The molecule has 2 N–H and O–H groups in total. The third-order valence-corrected chi connectivity index (χ3v) is 3.54. The number of rotatable bonds is 5. The van der Waals surface area contributed by atoms with E-state index in [0.29, 0.717) is 12.0 Å². The van der Waals surface area contributed by atoms with Crippen LogP contribution in [0.25, 0.3) is 0 Å². The molecule has 0 unspecified atom stereocenters. The second-order valence-electron chi connectivity index (χ2n) is 4.77. The van der Waals surface area contributed by atoms with Crippen LogP contribution >= 0.6 is 0 Å². The number of nitrogens with zero attached hydrogens (tertiary/aromatic N) is 2. The summed E-state index contributed by atoms with van der Waals surface area (Å²) in [7, 11) is 0. The van der Waals surface area contributed by atoms with Gasteiger partial charge in [-0.15, -0.1) is 0 Å². The monoisotopic (exact) mass is 283 g/mol. The van der Waals surface area contributed by atoms with Crippen molar-refractivity contribution in [2.24, 2.45) is 0 Å². The molecule has 1 heterocycles. The summed E-state index contributed by atoms with van der Waals surface area (Å²) in [6, 6.07) is 3.37. The van der Waals surface area contributed by atoms with Gasteiger partial charge < -0.3 is 10.4 Å². The first-order chi connectivity index (χ1) is 9.63. The molecule has 6 nitrogen and oxygen atoms in total. The van der Waals surface area contributed by atoms with Crippen molar-refractivity contribution in [3.05, 3.63) is 39.7 Å². The lowest BCUT2D eigenvalue weighted by atomic mass is 9.99. The zero-order valence-corrected chi connectivity index (χ0v) is 11.1. The lowest BCUT2D eigenvalue weighted by Crippen LogP contribution is -2.45. The van der Waals surface area contributed by atoms with Crippen molar-refractivity contribution in [1.82, 2.24) is 10.2 Å². The molecule has 110 valence electrons. The molecule has 0 radical (unpaired) electrons. The maximum absolute atomic E-state index is 13.2. The van der Waals surface area contributed by atoms with Crippen LogP contribution in [0.4, 0.5) is 10.1 Å². The summed E-state index contributed by atoms with van der Waals surface area (Å²) >= 11 is 0. The van der Waals surface area contributed by atoms with Crippen LogP contribution in [0, 0.1) is 15.9 Å². The number of nitro benzene ring substituents is 1. The van der Waals surface area contributed by atoms with E-state index in [1.165, 1.54) is 12.1 Å². The van der Waals surface area contributed by atoms with Gasteiger partial charge >= 0.3 is 0 Å². The summed E-state index contributed by atoms with van der Waals surface area (Å²) in [5, 5.41) is 23.5. The van der Waals surface area contributed by atoms with Crippen LogP contribution in [0.5, 0.6) is 0 Å².